The Balaban J connectivity index is 2.97. The first-order valence-electron chi connectivity index (χ1n) is 9.17. The van der Waals surface area contributed by atoms with E-state index in [1.807, 2.05) is 0 Å². The van der Waals surface area contributed by atoms with Gasteiger partial charge in [0.1, 0.15) is 0 Å². The molecule has 0 aromatic heterocycles. The molecule has 0 aliphatic rings. The highest BCUT2D eigenvalue weighted by Gasteiger charge is 2.42. The van der Waals surface area contributed by atoms with Gasteiger partial charge in [0.2, 0.25) is 0 Å². The van der Waals surface area contributed by atoms with E-state index in [0.29, 0.717) is 5.04 Å². The lowest BCUT2D eigenvalue weighted by Crippen LogP contribution is -2.57. The largest absolute Gasteiger partial charge is 0.415 e. The molecular weight excluding hydrogens is 326 g/mol. The number of anilines is 1. The van der Waals surface area contributed by atoms with E-state index >= 15 is 0 Å². The molecule has 0 aliphatic carbocycles. The molecule has 0 aliphatic heterocycles. The topological polar surface area (TPSA) is 12.5 Å². The second-order valence-electron chi connectivity index (χ2n) is 9.90. The zero-order valence-electron chi connectivity index (χ0n) is 17.7. The summed E-state index contributed by atoms with van der Waals surface area (Å²) in [5.74, 6) is 0. The molecule has 0 amide bonds. The van der Waals surface area contributed by atoms with Crippen molar-refractivity contribution in [3.8, 4) is 0 Å². The van der Waals surface area contributed by atoms with Crippen LogP contribution in [-0.2, 0) is 4.43 Å². The van der Waals surface area contributed by atoms with Crippen molar-refractivity contribution in [1.82, 2.24) is 0 Å². The lowest BCUT2D eigenvalue weighted by atomic mass is 10.2. The van der Waals surface area contributed by atoms with Gasteiger partial charge < -0.3 is 8.99 Å². The van der Waals surface area contributed by atoms with Gasteiger partial charge in [-0.25, -0.2) is 0 Å². The van der Waals surface area contributed by atoms with Gasteiger partial charge in [-0.2, -0.15) is 0 Å². The SMILES string of the molecule is CC(C)(C)[Si](C)(C)OCCN(c1ccccc1)[Si](C)(C)C(C)(C)C. The molecule has 2 nitrogen and oxygen atoms in total. The van der Waals surface area contributed by atoms with Crippen LogP contribution in [0.25, 0.3) is 0 Å². The van der Waals surface area contributed by atoms with E-state index in [2.05, 4.69) is 103 Å². The fraction of sp³-hybridized carbons (Fsp3) is 0.700. The van der Waals surface area contributed by atoms with Crippen molar-refractivity contribution < 1.29 is 4.43 Å². The van der Waals surface area contributed by atoms with E-state index in [4.69, 9.17) is 4.43 Å². The van der Waals surface area contributed by atoms with Crippen LogP contribution in [0.15, 0.2) is 30.3 Å². The van der Waals surface area contributed by atoms with E-state index < -0.39 is 16.6 Å². The summed E-state index contributed by atoms with van der Waals surface area (Å²) in [5.41, 5.74) is 1.34. The Labute approximate surface area is 152 Å². The van der Waals surface area contributed by atoms with Gasteiger partial charge in [0.15, 0.2) is 16.6 Å². The van der Waals surface area contributed by atoms with Gasteiger partial charge in [-0.3, -0.25) is 0 Å². The molecule has 0 fully saturated rings. The van der Waals surface area contributed by atoms with Crippen LogP contribution in [0.3, 0.4) is 0 Å². The predicted octanol–water partition coefficient (Wildman–Crippen LogP) is 6.52. The van der Waals surface area contributed by atoms with Gasteiger partial charge in [-0.1, -0.05) is 72.8 Å². The molecule has 24 heavy (non-hydrogen) atoms. The number of nitrogens with zero attached hydrogens (tertiary/aromatic N) is 1. The minimum absolute atomic E-state index is 0.265. The van der Waals surface area contributed by atoms with Crippen LogP contribution in [0.1, 0.15) is 41.5 Å². The Morgan fingerprint density at radius 3 is 1.75 bits per heavy atom. The van der Waals surface area contributed by atoms with Gasteiger partial charge in [-0.15, -0.1) is 0 Å². The van der Waals surface area contributed by atoms with Crippen LogP contribution < -0.4 is 4.57 Å². The number of para-hydroxylation sites is 1. The smallest absolute Gasteiger partial charge is 0.192 e. The molecule has 4 heteroatoms. The Morgan fingerprint density at radius 1 is 0.833 bits per heavy atom. The molecule has 0 atom stereocenters. The first-order valence-corrected chi connectivity index (χ1v) is 15.0. The van der Waals surface area contributed by atoms with Gasteiger partial charge in [0.05, 0.1) is 6.61 Å². The maximum Gasteiger partial charge on any atom is 0.192 e. The Morgan fingerprint density at radius 2 is 1.33 bits per heavy atom. The second-order valence-corrected chi connectivity index (χ2v) is 19.9. The number of benzene rings is 1. The highest BCUT2D eigenvalue weighted by atomic mass is 28.4. The zero-order chi connectivity index (χ0) is 18.8. The van der Waals surface area contributed by atoms with Crippen molar-refractivity contribution >= 4 is 22.2 Å². The summed E-state index contributed by atoms with van der Waals surface area (Å²) in [4.78, 5) is 0. The number of hydrogen-bond acceptors (Lipinski definition) is 2. The molecule has 0 saturated heterocycles. The van der Waals surface area contributed by atoms with Crippen molar-refractivity contribution in [2.45, 2.75) is 77.8 Å². The molecule has 138 valence electrons. The zero-order valence-corrected chi connectivity index (χ0v) is 19.7. The molecule has 0 unspecified atom stereocenters. The molecule has 1 rings (SSSR count). The van der Waals surface area contributed by atoms with E-state index in [-0.39, 0.29) is 5.04 Å². The molecule has 0 bridgehead atoms. The normalized spacial score (nSPS) is 13.9. The van der Waals surface area contributed by atoms with Crippen molar-refractivity contribution in [3.05, 3.63) is 30.3 Å². The third-order valence-electron chi connectivity index (χ3n) is 6.16. The third-order valence-corrected chi connectivity index (χ3v) is 16.2. The molecule has 0 radical (unpaired) electrons. The highest BCUT2D eigenvalue weighted by Crippen LogP contribution is 2.41. The van der Waals surface area contributed by atoms with E-state index in [0.717, 1.165) is 13.2 Å². The average molecular weight is 366 g/mol. The lowest BCUT2D eigenvalue weighted by Gasteiger charge is -2.48. The summed E-state index contributed by atoms with van der Waals surface area (Å²) < 4.78 is 9.13. The summed E-state index contributed by atoms with van der Waals surface area (Å²) in [7, 11) is -3.34. The minimum Gasteiger partial charge on any atom is -0.415 e. The van der Waals surface area contributed by atoms with Crippen molar-refractivity contribution in [1.29, 1.82) is 0 Å². The molecule has 0 saturated carbocycles. The van der Waals surface area contributed by atoms with Crippen molar-refractivity contribution in [3.63, 3.8) is 0 Å². The maximum atomic E-state index is 6.47. The first-order chi connectivity index (χ1) is 10.7. The summed E-state index contributed by atoms with van der Waals surface area (Å²) in [6.45, 7) is 25.5. The van der Waals surface area contributed by atoms with E-state index in [1.165, 1.54) is 5.69 Å². The molecule has 1 aromatic carbocycles. The second kappa shape index (κ2) is 7.34. The standard InChI is InChI=1S/C20H39NOSi2/c1-19(2,3)23(7,8)21(18-14-12-11-13-15-18)16-17-22-24(9,10)20(4,5)6/h11-15H,16-17H2,1-10H3. The van der Waals surface area contributed by atoms with Gasteiger partial charge in [-0.05, 0) is 35.3 Å². The van der Waals surface area contributed by atoms with Crippen LogP contribution in [0.5, 0.6) is 0 Å². The van der Waals surface area contributed by atoms with Crippen LogP contribution >= 0.6 is 0 Å². The Kier molecular flexibility index (Phi) is 6.56. The van der Waals surface area contributed by atoms with E-state index in [1.54, 1.807) is 0 Å². The van der Waals surface area contributed by atoms with Gasteiger partial charge >= 0.3 is 0 Å². The van der Waals surface area contributed by atoms with Gasteiger partial charge in [0, 0.05) is 12.2 Å². The predicted molar refractivity (Wildman–Crippen MR) is 114 cm³/mol. The van der Waals surface area contributed by atoms with E-state index in [9.17, 15) is 0 Å². The molecule has 0 heterocycles. The van der Waals surface area contributed by atoms with Crippen molar-refractivity contribution in [2.24, 2.45) is 0 Å². The maximum absolute atomic E-state index is 6.47. The van der Waals surface area contributed by atoms with Crippen LogP contribution in [0.4, 0.5) is 5.69 Å². The third kappa shape index (κ3) is 4.96. The first kappa shape index (κ1) is 21.5. The molecule has 0 spiro atoms. The monoisotopic (exact) mass is 365 g/mol. The lowest BCUT2D eigenvalue weighted by molar-refractivity contribution is 0.297. The van der Waals surface area contributed by atoms with Crippen molar-refractivity contribution in [2.75, 3.05) is 17.7 Å². The van der Waals surface area contributed by atoms with Crippen LogP contribution in [0.2, 0.25) is 36.3 Å². The molecule has 1 aromatic rings. The Hall–Kier alpha value is -0.586. The fourth-order valence-corrected chi connectivity index (χ4v) is 5.64. The quantitative estimate of drug-likeness (QED) is 0.532. The summed E-state index contributed by atoms with van der Waals surface area (Å²) in [6.07, 6.45) is 0. The fourth-order valence-electron chi connectivity index (χ4n) is 2.35. The molecular formula is C20H39NOSi2. The average Bonchev–Trinajstić information content (AvgIpc) is 2.41. The number of rotatable bonds is 6. The van der Waals surface area contributed by atoms with Crippen LogP contribution in [0, 0.1) is 0 Å². The summed E-state index contributed by atoms with van der Waals surface area (Å²) in [5, 5.41) is 0.571. The molecule has 0 N–H and O–H groups in total. The summed E-state index contributed by atoms with van der Waals surface area (Å²) in [6, 6.07) is 10.9. The summed E-state index contributed by atoms with van der Waals surface area (Å²) >= 11 is 0. The number of hydrogen-bond donors (Lipinski definition) is 0. The Bertz CT molecular complexity index is 513. The van der Waals surface area contributed by atoms with Crippen LogP contribution in [-0.4, -0.2) is 29.7 Å². The minimum atomic E-state index is -1.69. The van der Waals surface area contributed by atoms with Gasteiger partial charge in [0.25, 0.3) is 0 Å². The highest BCUT2D eigenvalue weighted by molar-refractivity contribution is 6.83.